The van der Waals surface area contributed by atoms with Crippen LogP contribution in [0.5, 0.6) is 0 Å². The summed E-state index contributed by atoms with van der Waals surface area (Å²) in [5.74, 6) is -1.45. The highest BCUT2D eigenvalue weighted by atomic mass is 35.5. The number of amides is 1. The zero-order valence-corrected chi connectivity index (χ0v) is 14.4. The second-order valence-electron chi connectivity index (χ2n) is 4.70. The highest BCUT2D eigenvalue weighted by molar-refractivity contribution is 7.99. The maximum Gasteiger partial charge on any atom is 0.338 e. The fourth-order valence-electron chi connectivity index (χ4n) is 1.86. The number of esters is 1. The monoisotopic (exact) mass is 377 g/mol. The van der Waals surface area contributed by atoms with Crippen LogP contribution in [0.1, 0.15) is 30.1 Å². The highest BCUT2D eigenvalue weighted by Crippen LogP contribution is 2.36. The van der Waals surface area contributed by atoms with Crippen molar-refractivity contribution in [3.05, 3.63) is 39.2 Å². The third-order valence-corrected chi connectivity index (χ3v) is 5.93. The predicted molar refractivity (Wildman–Crippen MR) is 86.8 cm³/mol. The first-order valence-electron chi connectivity index (χ1n) is 6.72. The Hall–Kier alpha value is -1.57. The summed E-state index contributed by atoms with van der Waals surface area (Å²) in [5.41, 5.74) is 0.285. The summed E-state index contributed by atoms with van der Waals surface area (Å²) in [5, 5.41) is -0.560. The van der Waals surface area contributed by atoms with Gasteiger partial charge in [0.05, 0.1) is 17.9 Å². The number of nitrogens with zero attached hydrogens (tertiary/aromatic N) is 1. The maximum absolute atomic E-state index is 12.0. The van der Waals surface area contributed by atoms with Crippen LogP contribution in [0.3, 0.4) is 0 Å². The van der Waals surface area contributed by atoms with Crippen LogP contribution >= 0.6 is 23.2 Å². The number of hydrogen-bond acceptors (Lipinski definition) is 5. The van der Waals surface area contributed by atoms with Gasteiger partial charge in [-0.25, -0.2) is 4.79 Å². The smallest absolute Gasteiger partial charge is 0.338 e. The van der Waals surface area contributed by atoms with Crippen LogP contribution in [0.25, 0.3) is 0 Å². The van der Waals surface area contributed by atoms with Gasteiger partial charge in [-0.15, -0.1) is 0 Å². The van der Waals surface area contributed by atoms with E-state index in [4.69, 9.17) is 27.9 Å². The van der Waals surface area contributed by atoms with Crippen molar-refractivity contribution in [2.24, 2.45) is 0 Å². The summed E-state index contributed by atoms with van der Waals surface area (Å²) >= 11 is 11.2. The number of benzene rings is 1. The fraction of sp³-hybridized carbons (Fsp3) is 0.286. The molecule has 0 bridgehead atoms. The first-order valence-corrected chi connectivity index (χ1v) is 8.92. The van der Waals surface area contributed by atoms with Gasteiger partial charge >= 0.3 is 5.97 Å². The van der Waals surface area contributed by atoms with E-state index in [-0.39, 0.29) is 11.3 Å². The number of sulfonamides is 1. The van der Waals surface area contributed by atoms with E-state index < -0.39 is 31.3 Å². The van der Waals surface area contributed by atoms with E-state index in [0.29, 0.717) is 10.9 Å². The van der Waals surface area contributed by atoms with Gasteiger partial charge in [-0.1, -0.05) is 36.5 Å². The number of rotatable bonds is 5. The highest BCUT2D eigenvalue weighted by Gasteiger charge is 2.43. The molecule has 0 spiro atoms. The standard InChI is InChI=1S/C14H13Cl2NO5S/c1-2-3-8-22-14(19)9-4-6-10(7-5-9)17-13(18)11(15)12(16)23(17,20)21/h4-7H,2-3,8H2,1H3. The number of carbonyl (C=O) groups excluding carboxylic acids is 2. The van der Waals surface area contributed by atoms with Gasteiger partial charge in [-0.3, -0.25) is 4.79 Å². The van der Waals surface area contributed by atoms with Gasteiger partial charge < -0.3 is 4.74 Å². The molecular weight excluding hydrogens is 365 g/mol. The fourth-order valence-corrected chi connectivity index (χ4v) is 3.76. The van der Waals surface area contributed by atoms with Crippen molar-refractivity contribution in [2.45, 2.75) is 19.8 Å². The van der Waals surface area contributed by atoms with Crippen molar-refractivity contribution >= 4 is 50.8 Å². The van der Waals surface area contributed by atoms with Crippen molar-refractivity contribution in [1.29, 1.82) is 0 Å². The molecule has 1 aliphatic rings. The Balaban J connectivity index is 2.21. The normalized spacial score (nSPS) is 16.8. The molecule has 0 fully saturated rings. The van der Waals surface area contributed by atoms with Crippen LogP contribution in [0.15, 0.2) is 33.7 Å². The molecule has 6 nitrogen and oxygen atoms in total. The van der Waals surface area contributed by atoms with Gasteiger partial charge in [0.15, 0.2) is 4.36 Å². The SMILES string of the molecule is CCCCOC(=O)c1ccc(N2C(=O)C(Cl)=C(Cl)S2(=O)=O)cc1. The summed E-state index contributed by atoms with van der Waals surface area (Å²) < 4.78 is 28.9. The van der Waals surface area contributed by atoms with Gasteiger partial charge in [0.1, 0.15) is 5.03 Å². The molecule has 1 aromatic carbocycles. The molecule has 0 radical (unpaired) electrons. The largest absolute Gasteiger partial charge is 0.462 e. The molecule has 1 heterocycles. The molecule has 0 unspecified atom stereocenters. The van der Waals surface area contributed by atoms with E-state index >= 15 is 0 Å². The van der Waals surface area contributed by atoms with Crippen molar-refractivity contribution in [1.82, 2.24) is 0 Å². The number of ether oxygens (including phenoxy) is 1. The molecule has 9 heteroatoms. The maximum atomic E-state index is 12.0. The summed E-state index contributed by atoms with van der Waals surface area (Å²) in [4.78, 5) is 23.7. The van der Waals surface area contributed by atoms with Gasteiger partial charge in [0.25, 0.3) is 15.9 Å². The molecule has 0 saturated carbocycles. The predicted octanol–water partition coefficient (Wildman–Crippen LogP) is 2.97. The van der Waals surface area contributed by atoms with Crippen LogP contribution in [0.2, 0.25) is 0 Å². The second-order valence-corrected chi connectivity index (χ2v) is 7.40. The lowest BCUT2D eigenvalue weighted by molar-refractivity contribution is -0.113. The quantitative estimate of drug-likeness (QED) is 0.581. The van der Waals surface area contributed by atoms with Crippen molar-refractivity contribution in [3.8, 4) is 0 Å². The van der Waals surface area contributed by atoms with Gasteiger partial charge in [-0.05, 0) is 30.7 Å². The van der Waals surface area contributed by atoms with Crippen LogP contribution in [0.4, 0.5) is 5.69 Å². The van der Waals surface area contributed by atoms with Crippen molar-refractivity contribution in [2.75, 3.05) is 10.9 Å². The lowest BCUT2D eigenvalue weighted by Gasteiger charge is -2.15. The van der Waals surface area contributed by atoms with Crippen LogP contribution in [0, 0.1) is 0 Å². The zero-order chi connectivity index (χ0) is 17.2. The van der Waals surface area contributed by atoms with E-state index in [1.165, 1.54) is 24.3 Å². The van der Waals surface area contributed by atoms with Crippen LogP contribution in [-0.2, 0) is 19.6 Å². The molecule has 1 aliphatic heterocycles. The number of hydrogen-bond donors (Lipinski definition) is 0. The third kappa shape index (κ3) is 3.36. The Bertz CT molecular complexity index is 771. The number of halogens is 2. The molecule has 2 rings (SSSR count). The Morgan fingerprint density at radius 1 is 1.22 bits per heavy atom. The minimum atomic E-state index is -4.19. The molecule has 0 saturated heterocycles. The molecule has 124 valence electrons. The lowest BCUT2D eigenvalue weighted by atomic mass is 10.2. The molecular formula is C14H13Cl2NO5S. The summed E-state index contributed by atoms with van der Waals surface area (Å²) in [7, 11) is -4.19. The molecule has 0 aromatic heterocycles. The summed E-state index contributed by atoms with van der Waals surface area (Å²) in [6.45, 7) is 2.28. The van der Waals surface area contributed by atoms with Gasteiger partial charge in [0, 0.05) is 0 Å². The molecule has 0 atom stereocenters. The first-order chi connectivity index (χ1) is 10.8. The van der Waals surface area contributed by atoms with E-state index in [1.807, 2.05) is 6.92 Å². The van der Waals surface area contributed by atoms with Crippen LogP contribution < -0.4 is 4.31 Å². The number of anilines is 1. The Labute approximate surface area is 143 Å². The van der Waals surface area contributed by atoms with E-state index in [9.17, 15) is 18.0 Å². The topological polar surface area (TPSA) is 80.8 Å². The Kier molecular flexibility index (Phi) is 5.33. The lowest BCUT2D eigenvalue weighted by Crippen LogP contribution is -2.30. The first kappa shape index (κ1) is 17.8. The molecule has 0 N–H and O–H groups in total. The Morgan fingerprint density at radius 3 is 2.30 bits per heavy atom. The van der Waals surface area contributed by atoms with Crippen LogP contribution in [-0.4, -0.2) is 26.9 Å². The average molecular weight is 378 g/mol. The molecule has 23 heavy (non-hydrogen) atoms. The zero-order valence-electron chi connectivity index (χ0n) is 12.1. The second kappa shape index (κ2) is 6.90. The van der Waals surface area contributed by atoms with Gasteiger partial charge in [0.2, 0.25) is 0 Å². The van der Waals surface area contributed by atoms with E-state index in [2.05, 4.69) is 0 Å². The number of carbonyl (C=O) groups is 2. The minimum absolute atomic E-state index is 0.0360. The van der Waals surface area contributed by atoms with Crippen molar-refractivity contribution < 1.29 is 22.7 Å². The van der Waals surface area contributed by atoms with Crippen molar-refractivity contribution in [3.63, 3.8) is 0 Å². The van der Waals surface area contributed by atoms with E-state index in [1.54, 1.807) is 0 Å². The Morgan fingerprint density at radius 2 is 1.83 bits per heavy atom. The minimum Gasteiger partial charge on any atom is -0.462 e. The van der Waals surface area contributed by atoms with E-state index in [0.717, 1.165) is 12.8 Å². The third-order valence-electron chi connectivity index (χ3n) is 3.08. The average Bonchev–Trinajstić information content (AvgIpc) is 2.68. The van der Waals surface area contributed by atoms with Gasteiger partial charge in [-0.2, -0.15) is 12.7 Å². The summed E-state index contributed by atoms with van der Waals surface area (Å²) in [6, 6.07) is 5.36. The summed E-state index contributed by atoms with van der Waals surface area (Å²) in [6.07, 6.45) is 1.66. The molecule has 1 amide bonds. The number of unbranched alkanes of at least 4 members (excludes halogenated alkanes) is 1. The molecule has 0 aliphatic carbocycles. The molecule has 1 aromatic rings.